The lowest BCUT2D eigenvalue weighted by atomic mass is 9.88. The molecule has 0 unspecified atom stereocenters. The zero-order valence-electron chi connectivity index (χ0n) is 14.4. The standard InChI is InChI=1S/C21H22N2O2/c1-16-5-7-17(8-6-16)21(25)18-11-14-23(15-12-18)20(24)10-9-19-4-2-3-13-22-19/h2-10,13,18H,11-12,14-15H2,1H3/b10-9+. The van der Waals surface area contributed by atoms with Gasteiger partial charge in [0.15, 0.2) is 5.78 Å². The SMILES string of the molecule is Cc1ccc(C(=O)C2CCN(C(=O)/C=C/c3ccccn3)CC2)cc1. The Morgan fingerprint density at radius 1 is 1.08 bits per heavy atom. The number of carbonyl (C=O) groups is 2. The third kappa shape index (κ3) is 4.41. The highest BCUT2D eigenvalue weighted by atomic mass is 16.2. The van der Waals surface area contributed by atoms with Gasteiger partial charge >= 0.3 is 0 Å². The van der Waals surface area contributed by atoms with Gasteiger partial charge in [0.05, 0.1) is 5.69 Å². The first-order chi connectivity index (χ1) is 12.1. The van der Waals surface area contributed by atoms with Crippen LogP contribution in [0.4, 0.5) is 0 Å². The molecule has 0 N–H and O–H groups in total. The summed E-state index contributed by atoms with van der Waals surface area (Å²) in [5.41, 5.74) is 2.68. The second-order valence-electron chi connectivity index (χ2n) is 6.42. The molecular formula is C21H22N2O2. The lowest BCUT2D eigenvalue weighted by Gasteiger charge is -2.30. The van der Waals surface area contributed by atoms with Crippen molar-refractivity contribution < 1.29 is 9.59 Å². The first-order valence-corrected chi connectivity index (χ1v) is 8.62. The van der Waals surface area contributed by atoms with Crippen LogP contribution >= 0.6 is 0 Å². The van der Waals surface area contributed by atoms with Crippen LogP contribution in [-0.4, -0.2) is 34.7 Å². The van der Waals surface area contributed by atoms with Gasteiger partial charge in [-0.05, 0) is 38.0 Å². The fourth-order valence-corrected chi connectivity index (χ4v) is 3.05. The Hall–Kier alpha value is -2.75. The van der Waals surface area contributed by atoms with Crippen molar-refractivity contribution in [1.29, 1.82) is 0 Å². The highest BCUT2D eigenvalue weighted by Crippen LogP contribution is 2.22. The Labute approximate surface area is 148 Å². The number of piperidine rings is 1. The minimum Gasteiger partial charge on any atom is -0.339 e. The molecular weight excluding hydrogens is 312 g/mol. The van der Waals surface area contributed by atoms with E-state index >= 15 is 0 Å². The lowest BCUT2D eigenvalue weighted by Crippen LogP contribution is -2.39. The van der Waals surface area contributed by atoms with Crippen LogP contribution < -0.4 is 0 Å². The minimum absolute atomic E-state index is 0.00604. The Morgan fingerprint density at radius 2 is 1.80 bits per heavy atom. The van der Waals surface area contributed by atoms with Crippen molar-refractivity contribution >= 4 is 17.8 Å². The van der Waals surface area contributed by atoms with E-state index in [0.717, 1.165) is 29.7 Å². The van der Waals surface area contributed by atoms with Crippen LogP contribution in [0.1, 0.15) is 34.5 Å². The van der Waals surface area contributed by atoms with Crippen molar-refractivity contribution in [2.24, 2.45) is 5.92 Å². The Balaban J connectivity index is 1.54. The predicted molar refractivity (Wildman–Crippen MR) is 98.1 cm³/mol. The molecule has 0 atom stereocenters. The number of aryl methyl sites for hydroxylation is 1. The second-order valence-corrected chi connectivity index (χ2v) is 6.42. The van der Waals surface area contributed by atoms with Gasteiger partial charge in [-0.15, -0.1) is 0 Å². The summed E-state index contributed by atoms with van der Waals surface area (Å²) in [4.78, 5) is 30.8. The molecule has 3 rings (SSSR count). The number of aromatic nitrogens is 1. The number of Topliss-reactive ketones (excluding diaryl/α,β-unsaturated/α-hetero) is 1. The van der Waals surface area contributed by atoms with E-state index in [4.69, 9.17) is 0 Å². The molecule has 128 valence electrons. The zero-order valence-corrected chi connectivity index (χ0v) is 14.4. The first kappa shape index (κ1) is 17.1. The maximum atomic E-state index is 12.6. The van der Waals surface area contributed by atoms with E-state index in [9.17, 15) is 9.59 Å². The number of carbonyl (C=O) groups excluding carboxylic acids is 2. The fourth-order valence-electron chi connectivity index (χ4n) is 3.05. The van der Waals surface area contributed by atoms with E-state index in [0.29, 0.717) is 13.1 Å². The Kier molecular flexibility index (Phi) is 5.39. The Morgan fingerprint density at radius 3 is 2.44 bits per heavy atom. The molecule has 1 aromatic heterocycles. The molecule has 1 saturated heterocycles. The molecule has 4 nitrogen and oxygen atoms in total. The monoisotopic (exact) mass is 334 g/mol. The summed E-state index contributed by atoms with van der Waals surface area (Å²) in [7, 11) is 0. The van der Waals surface area contributed by atoms with Crippen molar-refractivity contribution in [3.05, 3.63) is 71.6 Å². The fraction of sp³-hybridized carbons (Fsp3) is 0.286. The summed E-state index contributed by atoms with van der Waals surface area (Å²) in [6.45, 7) is 3.25. The van der Waals surface area contributed by atoms with E-state index in [1.165, 1.54) is 0 Å². The number of benzene rings is 1. The van der Waals surface area contributed by atoms with Crippen molar-refractivity contribution in [1.82, 2.24) is 9.88 Å². The molecule has 0 saturated carbocycles. The van der Waals surface area contributed by atoms with E-state index in [-0.39, 0.29) is 17.6 Å². The zero-order chi connectivity index (χ0) is 17.6. The van der Waals surface area contributed by atoms with Crippen LogP contribution in [0.2, 0.25) is 0 Å². The molecule has 1 aliphatic rings. The highest BCUT2D eigenvalue weighted by molar-refractivity contribution is 5.98. The van der Waals surface area contributed by atoms with Crippen molar-refractivity contribution in [3.63, 3.8) is 0 Å². The molecule has 1 fully saturated rings. The van der Waals surface area contributed by atoms with Gasteiger partial charge in [0.1, 0.15) is 0 Å². The van der Waals surface area contributed by atoms with Gasteiger partial charge in [-0.1, -0.05) is 35.9 Å². The molecule has 25 heavy (non-hydrogen) atoms. The van der Waals surface area contributed by atoms with Crippen LogP contribution in [0.15, 0.2) is 54.7 Å². The van der Waals surface area contributed by atoms with E-state index in [1.807, 2.05) is 49.4 Å². The van der Waals surface area contributed by atoms with Gasteiger partial charge < -0.3 is 4.90 Å². The van der Waals surface area contributed by atoms with Gasteiger partial charge in [-0.3, -0.25) is 14.6 Å². The topological polar surface area (TPSA) is 50.3 Å². The molecule has 2 aromatic rings. The summed E-state index contributed by atoms with van der Waals surface area (Å²) >= 11 is 0. The molecule has 2 heterocycles. The van der Waals surface area contributed by atoms with Gasteiger partial charge in [0.25, 0.3) is 0 Å². The maximum absolute atomic E-state index is 12.6. The maximum Gasteiger partial charge on any atom is 0.246 e. The van der Waals surface area contributed by atoms with E-state index < -0.39 is 0 Å². The number of pyridine rings is 1. The number of amides is 1. The van der Waals surface area contributed by atoms with Crippen LogP contribution in [-0.2, 0) is 4.79 Å². The van der Waals surface area contributed by atoms with Crippen LogP contribution in [0.25, 0.3) is 6.08 Å². The normalized spacial score (nSPS) is 15.5. The van der Waals surface area contributed by atoms with Crippen LogP contribution in [0, 0.1) is 12.8 Å². The number of ketones is 1. The van der Waals surface area contributed by atoms with E-state index in [2.05, 4.69) is 4.98 Å². The first-order valence-electron chi connectivity index (χ1n) is 8.62. The third-order valence-corrected chi connectivity index (χ3v) is 4.60. The number of hydrogen-bond acceptors (Lipinski definition) is 3. The van der Waals surface area contributed by atoms with E-state index in [1.54, 1.807) is 23.2 Å². The third-order valence-electron chi connectivity index (χ3n) is 4.60. The largest absolute Gasteiger partial charge is 0.339 e. The molecule has 1 amide bonds. The minimum atomic E-state index is -0.0214. The van der Waals surface area contributed by atoms with Gasteiger partial charge in [0.2, 0.25) is 5.91 Å². The Bertz CT molecular complexity index is 758. The molecule has 1 aliphatic heterocycles. The van der Waals surface area contributed by atoms with Gasteiger partial charge in [-0.25, -0.2) is 0 Å². The van der Waals surface area contributed by atoms with Crippen molar-refractivity contribution in [2.75, 3.05) is 13.1 Å². The predicted octanol–water partition coefficient (Wildman–Crippen LogP) is 3.52. The average Bonchev–Trinajstić information content (AvgIpc) is 2.67. The van der Waals surface area contributed by atoms with Crippen LogP contribution in [0.5, 0.6) is 0 Å². The molecule has 1 aromatic carbocycles. The van der Waals surface area contributed by atoms with Gasteiger partial charge in [-0.2, -0.15) is 0 Å². The lowest BCUT2D eigenvalue weighted by molar-refractivity contribution is -0.127. The number of hydrogen-bond donors (Lipinski definition) is 0. The second kappa shape index (κ2) is 7.88. The van der Waals surface area contributed by atoms with Crippen molar-refractivity contribution in [2.45, 2.75) is 19.8 Å². The average molecular weight is 334 g/mol. The molecule has 0 spiro atoms. The number of rotatable bonds is 4. The van der Waals surface area contributed by atoms with Crippen LogP contribution in [0.3, 0.4) is 0 Å². The summed E-state index contributed by atoms with van der Waals surface area (Å²) in [5.74, 6) is 0.176. The molecule has 0 bridgehead atoms. The number of likely N-dealkylation sites (tertiary alicyclic amines) is 1. The number of nitrogens with zero attached hydrogens (tertiary/aromatic N) is 2. The quantitative estimate of drug-likeness (QED) is 0.635. The summed E-state index contributed by atoms with van der Waals surface area (Å²) in [6.07, 6.45) is 6.43. The molecule has 0 aliphatic carbocycles. The smallest absolute Gasteiger partial charge is 0.246 e. The summed E-state index contributed by atoms with van der Waals surface area (Å²) in [5, 5.41) is 0. The summed E-state index contributed by atoms with van der Waals surface area (Å²) < 4.78 is 0. The molecule has 0 radical (unpaired) electrons. The highest BCUT2D eigenvalue weighted by Gasteiger charge is 2.27. The molecule has 4 heteroatoms. The summed E-state index contributed by atoms with van der Waals surface area (Å²) in [6, 6.07) is 13.3. The van der Waals surface area contributed by atoms with Gasteiger partial charge in [0, 0.05) is 36.8 Å². The van der Waals surface area contributed by atoms with Crippen molar-refractivity contribution in [3.8, 4) is 0 Å².